The summed E-state index contributed by atoms with van der Waals surface area (Å²) in [5, 5.41) is 0. The van der Waals surface area contributed by atoms with Crippen LogP contribution in [-0.4, -0.2) is 13.2 Å². The average Bonchev–Trinajstić information content (AvgIpc) is 2.14. The molecule has 0 saturated heterocycles. The summed E-state index contributed by atoms with van der Waals surface area (Å²) in [6.07, 6.45) is 2.07. The summed E-state index contributed by atoms with van der Waals surface area (Å²) in [4.78, 5) is 0. The van der Waals surface area contributed by atoms with E-state index in [1.807, 2.05) is 30.3 Å². The second-order valence-corrected chi connectivity index (χ2v) is 2.66. The maximum atomic E-state index is 5.45. The molecule has 1 aromatic carbocycles. The van der Waals surface area contributed by atoms with Crippen molar-refractivity contribution >= 4 is 0 Å². The first-order valence-corrected chi connectivity index (χ1v) is 4.31. The normalized spacial score (nSPS) is 9.75. The van der Waals surface area contributed by atoms with Crippen LogP contribution in [0.25, 0.3) is 0 Å². The van der Waals surface area contributed by atoms with Gasteiger partial charge in [0, 0.05) is 0 Å². The van der Waals surface area contributed by atoms with Crippen LogP contribution in [0.15, 0.2) is 30.3 Å². The van der Waals surface area contributed by atoms with Gasteiger partial charge in [-0.2, -0.15) is 0 Å². The molecule has 0 spiro atoms. The number of nitrogens with two attached hydrogens (primary N) is 1. The standard InChI is InChI=1S/C10H15NO/c11-8-4-5-9-12-10-6-2-1-3-7-10/h1-3,6-7H,4-5,8-9,11H2. The third-order valence-electron chi connectivity index (χ3n) is 1.61. The molecule has 1 rings (SSSR count). The number of hydrogen-bond acceptors (Lipinski definition) is 2. The van der Waals surface area contributed by atoms with Crippen molar-refractivity contribution in [2.24, 2.45) is 5.73 Å². The minimum absolute atomic E-state index is 0.748. The number of rotatable bonds is 5. The summed E-state index contributed by atoms with van der Waals surface area (Å²) >= 11 is 0. The van der Waals surface area contributed by atoms with Crippen LogP contribution >= 0.6 is 0 Å². The lowest BCUT2D eigenvalue weighted by atomic mass is 10.3. The quantitative estimate of drug-likeness (QED) is 0.675. The number of para-hydroxylation sites is 1. The maximum Gasteiger partial charge on any atom is 0.119 e. The molecule has 66 valence electrons. The Balaban J connectivity index is 2.16. The Labute approximate surface area is 73.3 Å². The van der Waals surface area contributed by atoms with E-state index in [1.54, 1.807) is 0 Å². The molecule has 0 aliphatic heterocycles. The van der Waals surface area contributed by atoms with Gasteiger partial charge in [0.1, 0.15) is 5.75 Å². The highest BCUT2D eigenvalue weighted by atomic mass is 16.5. The molecule has 0 aliphatic carbocycles. The lowest BCUT2D eigenvalue weighted by Gasteiger charge is -2.04. The fourth-order valence-electron chi connectivity index (χ4n) is 0.953. The zero-order valence-electron chi connectivity index (χ0n) is 7.20. The van der Waals surface area contributed by atoms with E-state index in [9.17, 15) is 0 Å². The van der Waals surface area contributed by atoms with Gasteiger partial charge in [-0.1, -0.05) is 18.2 Å². The van der Waals surface area contributed by atoms with Crippen molar-refractivity contribution in [2.45, 2.75) is 12.8 Å². The maximum absolute atomic E-state index is 5.45. The Morgan fingerprint density at radius 1 is 1.08 bits per heavy atom. The molecule has 0 saturated carbocycles. The first kappa shape index (κ1) is 9.07. The van der Waals surface area contributed by atoms with Crippen molar-refractivity contribution in [1.82, 2.24) is 0 Å². The summed E-state index contributed by atoms with van der Waals surface area (Å²) in [6.45, 7) is 1.51. The molecule has 0 aliphatic rings. The largest absolute Gasteiger partial charge is 0.494 e. The minimum atomic E-state index is 0.748. The van der Waals surface area contributed by atoms with Gasteiger partial charge in [-0.15, -0.1) is 0 Å². The highest BCUT2D eigenvalue weighted by molar-refractivity contribution is 5.20. The summed E-state index contributed by atoms with van der Waals surface area (Å²) in [7, 11) is 0. The van der Waals surface area contributed by atoms with E-state index in [4.69, 9.17) is 10.5 Å². The highest BCUT2D eigenvalue weighted by Gasteiger charge is 1.89. The monoisotopic (exact) mass is 165 g/mol. The van der Waals surface area contributed by atoms with Gasteiger partial charge in [-0.25, -0.2) is 0 Å². The van der Waals surface area contributed by atoms with Crippen LogP contribution in [0.2, 0.25) is 0 Å². The fraction of sp³-hybridized carbons (Fsp3) is 0.400. The molecule has 0 fully saturated rings. The lowest BCUT2D eigenvalue weighted by molar-refractivity contribution is 0.308. The second-order valence-electron chi connectivity index (χ2n) is 2.66. The van der Waals surface area contributed by atoms with Crippen molar-refractivity contribution in [2.75, 3.05) is 13.2 Å². The summed E-state index contributed by atoms with van der Waals surface area (Å²) in [5.74, 6) is 0.939. The van der Waals surface area contributed by atoms with Crippen LogP contribution in [0.3, 0.4) is 0 Å². The third-order valence-corrected chi connectivity index (χ3v) is 1.61. The van der Waals surface area contributed by atoms with E-state index in [1.165, 1.54) is 0 Å². The smallest absolute Gasteiger partial charge is 0.119 e. The van der Waals surface area contributed by atoms with Crippen LogP contribution in [0, 0.1) is 0 Å². The summed E-state index contributed by atoms with van der Waals surface area (Å²) in [5.41, 5.74) is 5.35. The molecule has 0 radical (unpaired) electrons. The molecule has 2 N–H and O–H groups in total. The number of hydrogen-bond donors (Lipinski definition) is 1. The predicted octanol–water partition coefficient (Wildman–Crippen LogP) is 1.80. The van der Waals surface area contributed by atoms with Gasteiger partial charge in [0.15, 0.2) is 0 Å². The highest BCUT2D eigenvalue weighted by Crippen LogP contribution is 2.08. The van der Waals surface area contributed by atoms with Gasteiger partial charge in [0.05, 0.1) is 6.61 Å². The molecule has 0 unspecified atom stereocenters. The van der Waals surface area contributed by atoms with Crippen LogP contribution in [-0.2, 0) is 0 Å². The first-order chi connectivity index (χ1) is 5.93. The van der Waals surface area contributed by atoms with Gasteiger partial charge in [-0.05, 0) is 31.5 Å². The SMILES string of the molecule is NCCCCOc1ccccc1. The van der Waals surface area contributed by atoms with Gasteiger partial charge in [-0.3, -0.25) is 0 Å². The fourth-order valence-corrected chi connectivity index (χ4v) is 0.953. The Morgan fingerprint density at radius 3 is 2.50 bits per heavy atom. The molecule has 0 atom stereocenters. The summed E-state index contributed by atoms with van der Waals surface area (Å²) < 4.78 is 5.45. The van der Waals surface area contributed by atoms with Crippen molar-refractivity contribution < 1.29 is 4.74 Å². The molecular formula is C10H15NO. The van der Waals surface area contributed by atoms with Crippen LogP contribution < -0.4 is 10.5 Å². The van der Waals surface area contributed by atoms with Crippen molar-refractivity contribution in [3.05, 3.63) is 30.3 Å². The van der Waals surface area contributed by atoms with E-state index in [-0.39, 0.29) is 0 Å². The lowest BCUT2D eigenvalue weighted by Crippen LogP contribution is -2.03. The van der Waals surface area contributed by atoms with Gasteiger partial charge in [0.25, 0.3) is 0 Å². The second kappa shape index (κ2) is 5.61. The zero-order valence-corrected chi connectivity index (χ0v) is 7.20. The van der Waals surface area contributed by atoms with Gasteiger partial charge >= 0.3 is 0 Å². The number of benzene rings is 1. The molecule has 2 nitrogen and oxygen atoms in total. The van der Waals surface area contributed by atoms with E-state index in [2.05, 4.69) is 0 Å². The summed E-state index contributed by atoms with van der Waals surface area (Å²) in [6, 6.07) is 9.84. The first-order valence-electron chi connectivity index (χ1n) is 4.31. The molecule has 12 heavy (non-hydrogen) atoms. The van der Waals surface area contributed by atoms with Gasteiger partial charge in [0.2, 0.25) is 0 Å². The van der Waals surface area contributed by atoms with E-state index >= 15 is 0 Å². The van der Waals surface area contributed by atoms with Crippen molar-refractivity contribution in [1.29, 1.82) is 0 Å². The third kappa shape index (κ3) is 3.39. The van der Waals surface area contributed by atoms with Crippen molar-refractivity contribution in [3.8, 4) is 5.75 Å². The number of unbranched alkanes of at least 4 members (excludes halogenated alkanes) is 1. The molecule has 0 heterocycles. The number of ether oxygens (including phenoxy) is 1. The molecule has 2 heteroatoms. The molecule has 0 amide bonds. The minimum Gasteiger partial charge on any atom is -0.494 e. The average molecular weight is 165 g/mol. The molecule has 0 aromatic heterocycles. The van der Waals surface area contributed by atoms with Crippen LogP contribution in [0.5, 0.6) is 5.75 Å². The molecule has 0 bridgehead atoms. The van der Waals surface area contributed by atoms with Crippen LogP contribution in [0.4, 0.5) is 0 Å². The Morgan fingerprint density at radius 2 is 1.83 bits per heavy atom. The van der Waals surface area contributed by atoms with Crippen molar-refractivity contribution in [3.63, 3.8) is 0 Å². The van der Waals surface area contributed by atoms with E-state index < -0.39 is 0 Å². The van der Waals surface area contributed by atoms with Crippen LogP contribution in [0.1, 0.15) is 12.8 Å². The Bertz CT molecular complexity index is 198. The Hall–Kier alpha value is -1.02. The molecular weight excluding hydrogens is 150 g/mol. The Kier molecular flexibility index (Phi) is 4.24. The van der Waals surface area contributed by atoms with E-state index in [0.717, 1.165) is 31.7 Å². The van der Waals surface area contributed by atoms with Gasteiger partial charge < -0.3 is 10.5 Å². The van der Waals surface area contributed by atoms with E-state index in [0.29, 0.717) is 0 Å². The zero-order chi connectivity index (χ0) is 8.65. The topological polar surface area (TPSA) is 35.2 Å². The predicted molar refractivity (Wildman–Crippen MR) is 50.2 cm³/mol. The molecule has 1 aromatic rings.